The van der Waals surface area contributed by atoms with Crippen LogP contribution in [-0.2, 0) is 6.42 Å². The third kappa shape index (κ3) is 2.95. The van der Waals surface area contributed by atoms with Gasteiger partial charge in [0.2, 0.25) is 5.82 Å². The van der Waals surface area contributed by atoms with Crippen molar-refractivity contribution in [3.8, 4) is 34.7 Å². The van der Waals surface area contributed by atoms with Crippen LogP contribution in [0.5, 0.6) is 5.75 Å². The molecule has 0 spiro atoms. The number of benzene rings is 2. The van der Waals surface area contributed by atoms with Gasteiger partial charge in [-0.25, -0.2) is 0 Å². The van der Waals surface area contributed by atoms with Gasteiger partial charge in [0.25, 0.3) is 5.89 Å². The summed E-state index contributed by atoms with van der Waals surface area (Å²) in [7, 11) is 0. The van der Waals surface area contributed by atoms with Crippen molar-refractivity contribution in [1.29, 1.82) is 5.26 Å². The maximum Gasteiger partial charge on any atom is 0.258 e. The van der Waals surface area contributed by atoms with Crippen molar-refractivity contribution in [3.63, 3.8) is 0 Å². The van der Waals surface area contributed by atoms with Gasteiger partial charge in [-0.2, -0.15) is 10.2 Å². The first-order chi connectivity index (χ1) is 12.7. The quantitative estimate of drug-likeness (QED) is 0.700. The Morgan fingerprint density at radius 3 is 2.96 bits per heavy atom. The van der Waals surface area contributed by atoms with E-state index in [1.165, 1.54) is 5.56 Å². The van der Waals surface area contributed by atoms with E-state index in [0.717, 1.165) is 24.0 Å². The van der Waals surface area contributed by atoms with E-state index in [0.29, 0.717) is 28.6 Å². The van der Waals surface area contributed by atoms with E-state index in [-0.39, 0.29) is 6.10 Å². The molecule has 3 aromatic rings. The second kappa shape index (κ2) is 6.64. The Bertz CT molecular complexity index is 999. The molecule has 0 N–H and O–H groups in total. The van der Waals surface area contributed by atoms with Crippen LogP contribution in [0.15, 0.2) is 40.9 Å². The lowest BCUT2D eigenvalue weighted by molar-refractivity contribution is 0.242. The molecule has 4 rings (SSSR count). The van der Waals surface area contributed by atoms with Crippen LogP contribution >= 0.6 is 0 Å². The van der Waals surface area contributed by atoms with Crippen LogP contribution in [0.25, 0.3) is 22.8 Å². The second-order valence-corrected chi connectivity index (χ2v) is 6.42. The van der Waals surface area contributed by atoms with Crippen LogP contribution in [0.1, 0.15) is 37.0 Å². The monoisotopic (exact) mass is 343 g/mol. The Hall–Kier alpha value is -3.13. The van der Waals surface area contributed by atoms with Crippen molar-refractivity contribution >= 4 is 0 Å². The maximum absolute atomic E-state index is 9.39. The Morgan fingerprint density at radius 1 is 1.27 bits per heavy atom. The average Bonchev–Trinajstić information content (AvgIpc) is 3.30. The molecule has 0 atom stereocenters. The van der Waals surface area contributed by atoms with Crippen molar-refractivity contribution in [2.24, 2.45) is 0 Å². The fourth-order valence-corrected chi connectivity index (χ4v) is 3.11. The molecule has 0 fully saturated rings. The number of hydrogen-bond acceptors (Lipinski definition) is 5. The number of rotatable bonds is 4. The summed E-state index contributed by atoms with van der Waals surface area (Å²) >= 11 is 0. The van der Waals surface area contributed by atoms with E-state index in [2.05, 4.69) is 28.7 Å². The minimum absolute atomic E-state index is 0.00302. The first kappa shape index (κ1) is 16.3. The molecule has 2 aromatic carbocycles. The fourth-order valence-electron chi connectivity index (χ4n) is 3.11. The molecule has 1 aliphatic rings. The molecule has 0 aliphatic heterocycles. The first-order valence-electron chi connectivity index (χ1n) is 8.56. The third-order valence-electron chi connectivity index (χ3n) is 4.24. The molecule has 5 nitrogen and oxygen atoms in total. The zero-order valence-electron chi connectivity index (χ0n) is 14.6. The summed E-state index contributed by atoms with van der Waals surface area (Å²) in [5, 5.41) is 13.5. The van der Waals surface area contributed by atoms with Crippen LogP contribution in [0.2, 0.25) is 0 Å². The van der Waals surface area contributed by atoms with Crippen LogP contribution in [-0.4, -0.2) is 16.2 Å². The highest BCUT2D eigenvalue weighted by Gasteiger charge is 2.20. The Labute approximate surface area is 152 Å². The Balaban J connectivity index is 1.69. The van der Waals surface area contributed by atoms with Crippen molar-refractivity contribution < 1.29 is 9.26 Å². The van der Waals surface area contributed by atoms with Gasteiger partial charge in [0.1, 0.15) is 11.8 Å². The molecule has 1 aromatic heterocycles. The minimum Gasteiger partial charge on any atom is -0.490 e. The maximum atomic E-state index is 9.39. The van der Waals surface area contributed by atoms with Crippen molar-refractivity contribution in [3.05, 3.63) is 59.5 Å². The van der Waals surface area contributed by atoms with Gasteiger partial charge in [0, 0.05) is 17.5 Å². The molecule has 0 unspecified atom stereocenters. The highest BCUT2D eigenvalue weighted by molar-refractivity contribution is 5.67. The SMILES string of the molecule is CC(C)Oc1ccc(-c2nc(-c3cccc4c3CC[C]4)no2)cc1C#N. The topological polar surface area (TPSA) is 71.9 Å². The zero-order valence-corrected chi connectivity index (χ0v) is 14.6. The van der Waals surface area contributed by atoms with Gasteiger partial charge >= 0.3 is 0 Å². The zero-order chi connectivity index (χ0) is 18.1. The molecule has 2 radical (unpaired) electrons. The first-order valence-corrected chi connectivity index (χ1v) is 8.56. The largest absolute Gasteiger partial charge is 0.490 e. The lowest BCUT2D eigenvalue weighted by atomic mass is 10.0. The van der Waals surface area contributed by atoms with Crippen LogP contribution in [0.3, 0.4) is 0 Å². The predicted molar refractivity (Wildman–Crippen MR) is 96.3 cm³/mol. The van der Waals surface area contributed by atoms with E-state index >= 15 is 0 Å². The van der Waals surface area contributed by atoms with E-state index in [1.807, 2.05) is 32.0 Å². The highest BCUT2D eigenvalue weighted by atomic mass is 16.5. The Morgan fingerprint density at radius 2 is 2.15 bits per heavy atom. The van der Waals surface area contributed by atoms with Gasteiger partial charge in [-0.1, -0.05) is 23.4 Å². The lowest BCUT2D eigenvalue weighted by Gasteiger charge is -2.11. The molecular formula is C21H17N3O2. The molecule has 26 heavy (non-hydrogen) atoms. The molecule has 1 heterocycles. The smallest absolute Gasteiger partial charge is 0.258 e. The average molecular weight is 343 g/mol. The van der Waals surface area contributed by atoms with E-state index < -0.39 is 0 Å². The van der Waals surface area contributed by atoms with Gasteiger partial charge in [0.15, 0.2) is 0 Å². The van der Waals surface area contributed by atoms with E-state index in [4.69, 9.17) is 9.26 Å². The number of nitriles is 1. The Kier molecular flexibility index (Phi) is 4.18. The van der Waals surface area contributed by atoms with Gasteiger partial charge in [-0.05, 0) is 56.0 Å². The van der Waals surface area contributed by atoms with Crippen molar-refractivity contribution in [2.45, 2.75) is 32.8 Å². The minimum atomic E-state index is -0.00302. The number of nitrogens with zero attached hydrogens (tertiary/aromatic N) is 3. The van der Waals surface area contributed by atoms with Gasteiger partial charge in [0.05, 0.1) is 11.7 Å². The number of ether oxygens (including phenoxy) is 1. The van der Waals surface area contributed by atoms with E-state index in [1.54, 1.807) is 12.1 Å². The number of aromatic nitrogens is 2. The molecule has 1 aliphatic carbocycles. The summed E-state index contributed by atoms with van der Waals surface area (Å²) in [6, 6.07) is 13.5. The van der Waals surface area contributed by atoms with Crippen LogP contribution in [0, 0.1) is 17.8 Å². The summed E-state index contributed by atoms with van der Waals surface area (Å²) in [6.45, 7) is 3.85. The molecular weight excluding hydrogens is 326 g/mol. The fraction of sp³-hybridized carbons (Fsp3) is 0.238. The molecule has 0 saturated carbocycles. The number of fused-ring (bicyclic) bond motifs is 1. The van der Waals surface area contributed by atoms with Crippen LogP contribution < -0.4 is 4.74 Å². The molecule has 0 amide bonds. The summed E-state index contributed by atoms with van der Waals surface area (Å²) < 4.78 is 11.1. The molecule has 0 bridgehead atoms. The normalized spacial score (nSPS) is 12.8. The van der Waals surface area contributed by atoms with Gasteiger partial charge in [-0.3, -0.25) is 0 Å². The highest BCUT2D eigenvalue weighted by Crippen LogP contribution is 2.33. The summed E-state index contributed by atoms with van der Waals surface area (Å²) in [5.74, 6) is 1.50. The molecule has 5 heteroatoms. The van der Waals surface area contributed by atoms with E-state index in [9.17, 15) is 5.26 Å². The summed E-state index contributed by atoms with van der Waals surface area (Å²) in [6.07, 6.45) is 5.20. The molecule has 128 valence electrons. The standard InChI is InChI=1S/C21H17N3O2/c1-13(2)25-19-10-9-15(11-16(19)12-22)21-23-20(24-26-21)18-8-4-6-14-5-3-7-17(14)18/h4,6,8-11,13H,3,7H2,1-2H3. The predicted octanol–water partition coefficient (Wildman–Crippen LogP) is 4.44. The summed E-state index contributed by atoms with van der Waals surface area (Å²) in [4.78, 5) is 4.54. The van der Waals surface area contributed by atoms with Crippen LogP contribution in [0.4, 0.5) is 0 Å². The lowest BCUT2D eigenvalue weighted by Crippen LogP contribution is -2.06. The van der Waals surface area contributed by atoms with Gasteiger partial charge < -0.3 is 9.26 Å². The number of hydrogen-bond donors (Lipinski definition) is 0. The van der Waals surface area contributed by atoms with Crippen molar-refractivity contribution in [1.82, 2.24) is 10.1 Å². The second-order valence-electron chi connectivity index (χ2n) is 6.42. The van der Waals surface area contributed by atoms with Gasteiger partial charge in [-0.15, -0.1) is 0 Å². The third-order valence-corrected chi connectivity index (χ3v) is 4.24. The van der Waals surface area contributed by atoms with Crippen molar-refractivity contribution in [2.75, 3.05) is 0 Å². The molecule has 0 saturated heterocycles. The summed E-state index contributed by atoms with van der Waals surface area (Å²) in [5.41, 5.74) is 4.44.